The van der Waals surface area contributed by atoms with Crippen LogP contribution in [0.25, 0.3) is 0 Å². The first kappa shape index (κ1) is 13.0. The fourth-order valence-corrected chi connectivity index (χ4v) is 1.29. The van der Waals surface area contributed by atoms with Crippen molar-refractivity contribution in [3.63, 3.8) is 0 Å². The van der Waals surface area contributed by atoms with Gasteiger partial charge in [0.15, 0.2) is 5.69 Å². The number of methoxy groups -OCH3 is 1. The van der Waals surface area contributed by atoms with Crippen LogP contribution in [0, 0.1) is 0 Å². The lowest BCUT2D eigenvalue weighted by molar-refractivity contribution is -0.140. The van der Waals surface area contributed by atoms with E-state index in [9.17, 15) is 9.59 Å². The molecular formula is C10H16N4O3. The van der Waals surface area contributed by atoms with Crippen molar-refractivity contribution in [2.75, 3.05) is 19.4 Å². The number of aryl methyl sites for hydroxylation is 1. The number of nitrogens with two attached hydrogens (primary N) is 1. The zero-order chi connectivity index (χ0) is 12.8. The van der Waals surface area contributed by atoms with Gasteiger partial charge in [-0.1, -0.05) is 6.92 Å². The summed E-state index contributed by atoms with van der Waals surface area (Å²) < 4.78 is 4.45. The summed E-state index contributed by atoms with van der Waals surface area (Å²) in [4.78, 5) is 22.5. The highest BCUT2D eigenvalue weighted by molar-refractivity contribution is 5.97. The number of carbonyl (C=O) groups is 2. The minimum absolute atomic E-state index is 0.118. The van der Waals surface area contributed by atoms with Crippen LogP contribution >= 0.6 is 0 Å². The van der Waals surface area contributed by atoms with Crippen molar-refractivity contribution in [2.24, 2.45) is 0 Å². The van der Waals surface area contributed by atoms with E-state index >= 15 is 0 Å². The van der Waals surface area contributed by atoms with Gasteiger partial charge in [-0.2, -0.15) is 5.10 Å². The number of hydrogen-bond acceptors (Lipinski definition) is 5. The summed E-state index contributed by atoms with van der Waals surface area (Å²) >= 11 is 0. The molecule has 0 spiro atoms. The Morgan fingerprint density at radius 3 is 2.76 bits per heavy atom. The Balaban J connectivity index is 2.52. The van der Waals surface area contributed by atoms with Gasteiger partial charge in [-0.25, -0.2) is 0 Å². The van der Waals surface area contributed by atoms with Crippen LogP contribution in [-0.2, 0) is 16.0 Å². The lowest BCUT2D eigenvalue weighted by atomic mass is 10.2. The Bertz CT molecular complexity index is 414. The summed E-state index contributed by atoms with van der Waals surface area (Å²) in [7, 11) is 1.30. The number of aromatic nitrogens is 2. The number of nitrogens with one attached hydrogen (secondary N) is 2. The molecule has 1 aromatic rings. The molecule has 0 fully saturated rings. The summed E-state index contributed by atoms with van der Waals surface area (Å²) in [6.45, 7) is 2.10. The fraction of sp³-hybridized carbons (Fsp3) is 0.500. The van der Waals surface area contributed by atoms with Crippen LogP contribution < -0.4 is 11.1 Å². The van der Waals surface area contributed by atoms with Crippen molar-refractivity contribution in [1.29, 1.82) is 0 Å². The van der Waals surface area contributed by atoms with Crippen molar-refractivity contribution < 1.29 is 14.3 Å². The van der Waals surface area contributed by atoms with E-state index in [1.807, 2.05) is 6.92 Å². The first-order valence-corrected chi connectivity index (χ1v) is 5.27. The Morgan fingerprint density at radius 2 is 2.24 bits per heavy atom. The minimum atomic E-state index is -0.401. The average Bonchev–Trinajstić information content (AvgIpc) is 2.70. The number of hydrogen-bond donors (Lipinski definition) is 3. The van der Waals surface area contributed by atoms with Gasteiger partial charge in [-0.15, -0.1) is 0 Å². The van der Waals surface area contributed by atoms with E-state index in [1.54, 1.807) is 0 Å². The van der Waals surface area contributed by atoms with Crippen LogP contribution in [0.5, 0.6) is 0 Å². The fourth-order valence-electron chi connectivity index (χ4n) is 1.29. The number of H-pyrrole nitrogens is 1. The second kappa shape index (κ2) is 5.88. The highest BCUT2D eigenvalue weighted by atomic mass is 16.5. The normalized spacial score (nSPS) is 10.0. The lowest BCUT2D eigenvalue weighted by Crippen LogP contribution is -2.27. The Kier molecular flexibility index (Phi) is 4.50. The topological polar surface area (TPSA) is 110 Å². The number of ether oxygens (including phenoxy) is 1. The number of anilines is 1. The van der Waals surface area contributed by atoms with Crippen LogP contribution in [0.2, 0.25) is 0 Å². The maximum Gasteiger partial charge on any atom is 0.307 e. The highest BCUT2D eigenvalue weighted by Gasteiger charge is 2.16. The quantitative estimate of drug-likeness (QED) is 0.620. The molecular weight excluding hydrogens is 224 g/mol. The number of esters is 1. The third-order valence-corrected chi connectivity index (χ3v) is 2.29. The molecule has 7 heteroatoms. The number of nitrogens with zero attached hydrogens (tertiary/aromatic N) is 1. The monoisotopic (exact) mass is 240 g/mol. The lowest BCUT2D eigenvalue weighted by Gasteiger charge is -2.02. The Morgan fingerprint density at radius 1 is 1.53 bits per heavy atom. The summed E-state index contributed by atoms with van der Waals surface area (Å²) in [5.74, 6) is -0.781. The zero-order valence-electron chi connectivity index (χ0n) is 9.87. The van der Waals surface area contributed by atoms with Crippen molar-refractivity contribution in [3.05, 3.63) is 11.4 Å². The molecule has 0 aliphatic carbocycles. The molecule has 1 aromatic heterocycles. The highest BCUT2D eigenvalue weighted by Crippen LogP contribution is 2.13. The van der Waals surface area contributed by atoms with Crippen molar-refractivity contribution in [1.82, 2.24) is 15.5 Å². The molecule has 4 N–H and O–H groups in total. The van der Waals surface area contributed by atoms with E-state index in [2.05, 4.69) is 20.3 Å². The molecule has 0 atom stereocenters. The third-order valence-electron chi connectivity index (χ3n) is 2.29. The van der Waals surface area contributed by atoms with Crippen LogP contribution in [0.4, 0.5) is 5.69 Å². The number of amides is 1. The van der Waals surface area contributed by atoms with Gasteiger partial charge in [0.2, 0.25) is 0 Å². The summed E-state index contributed by atoms with van der Waals surface area (Å²) in [6.07, 6.45) is 0.793. The van der Waals surface area contributed by atoms with Gasteiger partial charge in [-0.05, 0) is 6.42 Å². The van der Waals surface area contributed by atoms with Crippen molar-refractivity contribution >= 4 is 17.6 Å². The molecule has 0 aliphatic heterocycles. The van der Waals surface area contributed by atoms with E-state index < -0.39 is 5.91 Å². The minimum Gasteiger partial charge on any atom is -0.469 e. The largest absolute Gasteiger partial charge is 0.469 e. The summed E-state index contributed by atoms with van der Waals surface area (Å²) in [5, 5.41) is 9.05. The predicted molar refractivity (Wildman–Crippen MR) is 61.3 cm³/mol. The third kappa shape index (κ3) is 3.20. The maximum absolute atomic E-state index is 11.6. The molecule has 1 heterocycles. The van der Waals surface area contributed by atoms with Crippen LogP contribution in [0.15, 0.2) is 0 Å². The first-order valence-electron chi connectivity index (χ1n) is 5.27. The molecule has 0 saturated heterocycles. The summed E-state index contributed by atoms with van der Waals surface area (Å²) in [6, 6.07) is 0. The molecule has 1 rings (SSSR count). The van der Waals surface area contributed by atoms with Gasteiger partial charge in [0, 0.05) is 6.54 Å². The van der Waals surface area contributed by atoms with E-state index in [1.165, 1.54) is 7.11 Å². The Hall–Kier alpha value is -2.05. The molecule has 7 nitrogen and oxygen atoms in total. The van der Waals surface area contributed by atoms with Crippen molar-refractivity contribution in [2.45, 2.75) is 19.8 Å². The zero-order valence-corrected chi connectivity index (χ0v) is 9.87. The second-order valence-corrected chi connectivity index (χ2v) is 3.40. The molecule has 0 radical (unpaired) electrons. The van der Waals surface area contributed by atoms with E-state index in [0.717, 1.165) is 5.69 Å². The van der Waals surface area contributed by atoms with Gasteiger partial charge in [0.25, 0.3) is 5.91 Å². The van der Waals surface area contributed by atoms with Gasteiger partial charge in [0.05, 0.1) is 24.9 Å². The molecule has 0 unspecified atom stereocenters. The molecule has 17 heavy (non-hydrogen) atoms. The van der Waals surface area contributed by atoms with Crippen LogP contribution in [0.3, 0.4) is 0 Å². The standard InChI is InChI=1S/C10H16N4O3/c1-3-6-8(11)9(14-13-6)10(16)12-5-4-7(15)17-2/h3-5,11H2,1-2H3,(H,12,16)(H,13,14). The average molecular weight is 240 g/mol. The smallest absolute Gasteiger partial charge is 0.307 e. The SMILES string of the molecule is CCc1[nH]nc(C(=O)NCCC(=O)OC)c1N. The molecule has 94 valence electrons. The van der Waals surface area contributed by atoms with Crippen LogP contribution in [-0.4, -0.2) is 35.7 Å². The van der Waals surface area contributed by atoms with Gasteiger partial charge in [0.1, 0.15) is 0 Å². The molecule has 0 saturated carbocycles. The van der Waals surface area contributed by atoms with Crippen LogP contribution in [0.1, 0.15) is 29.5 Å². The second-order valence-electron chi connectivity index (χ2n) is 3.40. The molecule has 0 bridgehead atoms. The molecule has 0 aromatic carbocycles. The maximum atomic E-state index is 11.6. The van der Waals surface area contributed by atoms with Gasteiger partial charge < -0.3 is 15.8 Å². The van der Waals surface area contributed by atoms with E-state index in [4.69, 9.17) is 5.73 Å². The Labute approximate surface area is 98.7 Å². The predicted octanol–water partition coefficient (Wildman–Crippen LogP) is -0.153. The summed E-state index contributed by atoms with van der Waals surface area (Å²) in [5.41, 5.74) is 6.96. The van der Waals surface area contributed by atoms with Gasteiger partial charge in [-0.3, -0.25) is 14.7 Å². The van der Waals surface area contributed by atoms with Crippen molar-refractivity contribution in [3.8, 4) is 0 Å². The van der Waals surface area contributed by atoms with E-state index in [-0.39, 0.29) is 24.6 Å². The number of nitrogen functional groups attached to an aromatic ring is 1. The number of rotatable bonds is 5. The molecule has 0 aliphatic rings. The molecule has 1 amide bonds. The number of aromatic amines is 1. The van der Waals surface area contributed by atoms with Gasteiger partial charge >= 0.3 is 5.97 Å². The number of carbonyl (C=O) groups excluding carboxylic acids is 2. The first-order chi connectivity index (χ1) is 8.10. The van der Waals surface area contributed by atoms with E-state index in [0.29, 0.717) is 12.1 Å².